The zero-order valence-corrected chi connectivity index (χ0v) is 13.0. The third-order valence-electron chi connectivity index (χ3n) is 4.61. The van der Waals surface area contributed by atoms with Crippen LogP contribution in [0.3, 0.4) is 0 Å². The Labute approximate surface area is 137 Å². The van der Waals surface area contributed by atoms with E-state index in [4.69, 9.17) is 11.6 Å². The number of nitrogens with zero attached hydrogens (tertiary/aromatic N) is 4. The molecule has 5 heteroatoms. The highest BCUT2D eigenvalue weighted by Crippen LogP contribution is 2.55. The molecule has 0 unspecified atom stereocenters. The molecule has 23 heavy (non-hydrogen) atoms. The molecule has 1 aliphatic carbocycles. The number of imidazole rings is 1. The summed E-state index contributed by atoms with van der Waals surface area (Å²) in [6.07, 6.45) is 6.55. The van der Waals surface area contributed by atoms with Crippen LogP contribution >= 0.6 is 11.6 Å². The van der Waals surface area contributed by atoms with Crippen molar-refractivity contribution < 1.29 is 0 Å². The molecule has 2 atom stereocenters. The Balaban J connectivity index is 1.55. The molecule has 0 radical (unpaired) electrons. The summed E-state index contributed by atoms with van der Waals surface area (Å²) >= 11 is 6.15. The van der Waals surface area contributed by atoms with Gasteiger partial charge in [0.1, 0.15) is 5.15 Å². The Morgan fingerprint density at radius 3 is 2.96 bits per heavy atom. The van der Waals surface area contributed by atoms with Gasteiger partial charge in [0.2, 0.25) is 0 Å². The molecule has 0 N–H and O–H groups in total. The van der Waals surface area contributed by atoms with Crippen LogP contribution in [0.25, 0.3) is 16.6 Å². The maximum Gasteiger partial charge on any atom is 0.157 e. The van der Waals surface area contributed by atoms with Gasteiger partial charge in [-0.2, -0.15) is 5.10 Å². The van der Waals surface area contributed by atoms with E-state index in [9.17, 15) is 0 Å². The van der Waals surface area contributed by atoms with Crippen molar-refractivity contribution in [2.24, 2.45) is 0 Å². The first kappa shape index (κ1) is 13.0. The fourth-order valence-electron chi connectivity index (χ4n) is 3.40. The van der Waals surface area contributed by atoms with Gasteiger partial charge in [-0.3, -0.25) is 4.98 Å². The van der Waals surface area contributed by atoms with Crippen molar-refractivity contribution in [1.82, 2.24) is 19.6 Å². The Morgan fingerprint density at radius 1 is 1.04 bits per heavy atom. The summed E-state index contributed by atoms with van der Waals surface area (Å²) < 4.78 is 1.76. The first-order chi connectivity index (χ1) is 11.3. The zero-order chi connectivity index (χ0) is 15.4. The molecule has 1 saturated carbocycles. The van der Waals surface area contributed by atoms with Crippen LogP contribution < -0.4 is 0 Å². The smallest absolute Gasteiger partial charge is 0.157 e. The number of rotatable bonds is 2. The van der Waals surface area contributed by atoms with Crippen LogP contribution in [-0.2, 0) is 0 Å². The summed E-state index contributed by atoms with van der Waals surface area (Å²) in [5, 5.41) is 5.94. The third kappa shape index (κ3) is 2.10. The molecule has 0 spiro atoms. The monoisotopic (exact) mass is 320 g/mol. The molecule has 0 saturated heterocycles. The molecule has 3 aromatic heterocycles. The van der Waals surface area contributed by atoms with Gasteiger partial charge in [0.25, 0.3) is 0 Å². The molecule has 1 aliphatic rings. The quantitative estimate of drug-likeness (QED) is 0.556. The van der Waals surface area contributed by atoms with Gasteiger partial charge in [-0.15, -0.1) is 0 Å². The van der Waals surface area contributed by atoms with Gasteiger partial charge in [-0.25, -0.2) is 9.50 Å². The summed E-state index contributed by atoms with van der Waals surface area (Å²) in [7, 11) is 0. The van der Waals surface area contributed by atoms with Gasteiger partial charge < -0.3 is 0 Å². The maximum absolute atomic E-state index is 6.15. The first-order valence-corrected chi connectivity index (χ1v) is 8.02. The van der Waals surface area contributed by atoms with Gasteiger partial charge in [-0.05, 0) is 42.0 Å². The van der Waals surface area contributed by atoms with E-state index in [-0.39, 0.29) is 0 Å². The van der Waals surface area contributed by atoms with Crippen LogP contribution in [0.15, 0.2) is 55.0 Å². The molecule has 5 rings (SSSR count). The largest absolute Gasteiger partial charge is 0.256 e. The van der Waals surface area contributed by atoms with Crippen molar-refractivity contribution in [3.8, 4) is 0 Å². The average molecular weight is 321 g/mol. The van der Waals surface area contributed by atoms with Gasteiger partial charge >= 0.3 is 0 Å². The van der Waals surface area contributed by atoms with Crippen LogP contribution in [0.1, 0.15) is 29.4 Å². The molecule has 0 bridgehead atoms. The molecule has 4 nitrogen and oxygen atoms in total. The van der Waals surface area contributed by atoms with E-state index in [0.29, 0.717) is 17.0 Å². The summed E-state index contributed by atoms with van der Waals surface area (Å²) in [6.45, 7) is 0. The fourth-order valence-corrected chi connectivity index (χ4v) is 3.60. The minimum Gasteiger partial charge on any atom is -0.256 e. The normalized spacial score (nSPS) is 20.2. The number of fused-ring (bicyclic) bond motifs is 2. The minimum absolute atomic E-state index is 0.446. The summed E-state index contributed by atoms with van der Waals surface area (Å²) in [5.41, 5.74) is 4.47. The Kier molecular flexibility index (Phi) is 2.70. The number of halogens is 1. The Morgan fingerprint density at radius 2 is 2.00 bits per heavy atom. The van der Waals surface area contributed by atoms with Crippen molar-refractivity contribution in [1.29, 1.82) is 0 Å². The molecular weight excluding hydrogens is 308 g/mol. The van der Waals surface area contributed by atoms with Crippen LogP contribution in [0, 0.1) is 0 Å². The summed E-state index contributed by atoms with van der Waals surface area (Å²) in [6, 6.07) is 12.6. The lowest BCUT2D eigenvalue weighted by Gasteiger charge is -2.05. The average Bonchev–Trinajstić information content (AvgIpc) is 3.23. The van der Waals surface area contributed by atoms with E-state index < -0.39 is 0 Å². The summed E-state index contributed by atoms with van der Waals surface area (Å²) in [4.78, 5) is 8.89. The topological polar surface area (TPSA) is 43.1 Å². The third-order valence-corrected chi connectivity index (χ3v) is 4.79. The molecule has 3 heterocycles. The summed E-state index contributed by atoms with van der Waals surface area (Å²) in [5.74, 6) is 0.946. The molecule has 1 fully saturated rings. The lowest BCUT2D eigenvalue weighted by Crippen LogP contribution is -1.96. The Hall–Kier alpha value is -2.46. The molecular formula is C18H13ClN4. The highest BCUT2D eigenvalue weighted by Gasteiger charge is 2.41. The standard InChI is InChI=1S/C18H13ClN4/c19-17-10-15(18-21-6-7-23(18)22-17)14-9-13(14)12-4-3-11-2-1-5-20-16(11)8-12/h1-8,10,13-14H,9H2/t13-,14+/m1/s1. The molecule has 0 amide bonds. The van der Waals surface area contributed by atoms with Crippen molar-refractivity contribution in [2.75, 3.05) is 0 Å². The second kappa shape index (κ2) is 4.77. The Bertz CT molecular complexity index is 1040. The van der Waals surface area contributed by atoms with Crippen LogP contribution in [0.5, 0.6) is 0 Å². The molecule has 4 aromatic rings. The van der Waals surface area contributed by atoms with E-state index >= 15 is 0 Å². The van der Waals surface area contributed by atoms with Crippen molar-refractivity contribution >= 4 is 28.2 Å². The van der Waals surface area contributed by atoms with E-state index in [0.717, 1.165) is 17.6 Å². The predicted molar refractivity (Wildman–Crippen MR) is 89.8 cm³/mol. The lowest BCUT2D eigenvalue weighted by molar-refractivity contribution is 0.906. The predicted octanol–water partition coefficient (Wildman–Crippen LogP) is 4.20. The number of hydrogen-bond donors (Lipinski definition) is 0. The second-order valence-electron chi connectivity index (χ2n) is 6.02. The number of pyridine rings is 1. The van der Waals surface area contributed by atoms with Crippen molar-refractivity contribution in [3.05, 3.63) is 71.3 Å². The van der Waals surface area contributed by atoms with Crippen molar-refractivity contribution in [2.45, 2.75) is 18.3 Å². The minimum atomic E-state index is 0.446. The van der Waals surface area contributed by atoms with Gasteiger partial charge in [-0.1, -0.05) is 29.8 Å². The fraction of sp³-hybridized carbons (Fsp3) is 0.167. The maximum atomic E-state index is 6.15. The zero-order valence-electron chi connectivity index (χ0n) is 12.2. The van der Waals surface area contributed by atoms with Crippen molar-refractivity contribution in [3.63, 3.8) is 0 Å². The molecule has 112 valence electrons. The van der Waals surface area contributed by atoms with Crippen LogP contribution in [-0.4, -0.2) is 19.6 Å². The second-order valence-corrected chi connectivity index (χ2v) is 6.41. The number of hydrogen-bond acceptors (Lipinski definition) is 3. The van der Waals surface area contributed by atoms with E-state index in [1.807, 2.05) is 24.5 Å². The number of benzene rings is 1. The highest BCUT2D eigenvalue weighted by atomic mass is 35.5. The van der Waals surface area contributed by atoms with Crippen LogP contribution in [0.4, 0.5) is 0 Å². The van der Waals surface area contributed by atoms with E-state index in [1.54, 1.807) is 10.7 Å². The van der Waals surface area contributed by atoms with Crippen LogP contribution in [0.2, 0.25) is 5.15 Å². The van der Waals surface area contributed by atoms with Gasteiger partial charge in [0, 0.05) is 29.5 Å². The van der Waals surface area contributed by atoms with Gasteiger partial charge in [0.15, 0.2) is 5.65 Å². The highest BCUT2D eigenvalue weighted by molar-refractivity contribution is 6.29. The molecule has 0 aliphatic heterocycles. The SMILES string of the molecule is Clc1cc([C@H]2C[C@@H]2c2ccc3cccnc3c2)c2nccn2n1. The lowest BCUT2D eigenvalue weighted by atomic mass is 10.0. The first-order valence-electron chi connectivity index (χ1n) is 7.64. The van der Waals surface area contributed by atoms with E-state index in [2.05, 4.69) is 39.3 Å². The number of aromatic nitrogens is 4. The molecule has 1 aromatic carbocycles. The van der Waals surface area contributed by atoms with Gasteiger partial charge in [0.05, 0.1) is 5.52 Å². The van der Waals surface area contributed by atoms with E-state index in [1.165, 1.54) is 16.5 Å².